The van der Waals surface area contributed by atoms with Gasteiger partial charge >= 0.3 is 5.97 Å². The van der Waals surface area contributed by atoms with E-state index in [1.165, 1.54) is 0 Å². The Morgan fingerprint density at radius 2 is 1.95 bits per heavy atom. The van der Waals surface area contributed by atoms with Crippen molar-refractivity contribution < 1.29 is 14.6 Å². The number of benzene rings is 2. The molecule has 3 rings (SSSR count). The van der Waals surface area contributed by atoms with Gasteiger partial charge in [-0.15, -0.1) is 0 Å². The van der Waals surface area contributed by atoms with E-state index in [0.29, 0.717) is 11.4 Å². The number of hydrogen-bond acceptors (Lipinski definition) is 4. The number of hydrogen-bond donors (Lipinski definition) is 2. The topological polar surface area (TPSA) is 61.8 Å². The molecule has 114 valence electrons. The van der Waals surface area contributed by atoms with Crippen LogP contribution in [0.25, 0.3) is 0 Å². The largest absolute Gasteiger partial charge is 0.478 e. The lowest BCUT2D eigenvalue weighted by Gasteiger charge is -2.29. The van der Waals surface area contributed by atoms with E-state index in [2.05, 4.69) is 24.1 Å². The molecule has 0 fully saturated rings. The number of fused-ring (bicyclic) bond motifs is 2. The van der Waals surface area contributed by atoms with Gasteiger partial charge in [-0.3, -0.25) is 0 Å². The minimum atomic E-state index is -0.951. The van der Waals surface area contributed by atoms with E-state index in [4.69, 9.17) is 9.84 Å². The third-order valence-corrected chi connectivity index (χ3v) is 3.81. The van der Waals surface area contributed by atoms with Crippen molar-refractivity contribution in [1.29, 1.82) is 0 Å². The number of carbonyl (C=O) groups is 1. The van der Waals surface area contributed by atoms with Crippen molar-refractivity contribution in [1.82, 2.24) is 0 Å². The Morgan fingerprint density at radius 3 is 2.64 bits per heavy atom. The molecule has 0 saturated heterocycles. The van der Waals surface area contributed by atoms with Crippen LogP contribution in [0.4, 0.5) is 17.1 Å². The Labute approximate surface area is 129 Å². The molecule has 0 bridgehead atoms. The van der Waals surface area contributed by atoms with Gasteiger partial charge in [-0.1, -0.05) is 6.07 Å². The lowest BCUT2D eigenvalue weighted by molar-refractivity contribution is 0.0697. The summed E-state index contributed by atoms with van der Waals surface area (Å²) in [4.78, 5) is 13.3. The van der Waals surface area contributed by atoms with Gasteiger partial charge in [-0.2, -0.15) is 0 Å². The number of ether oxygens (including phenoxy) is 1. The molecule has 2 aromatic rings. The fourth-order valence-corrected chi connectivity index (χ4v) is 2.66. The zero-order valence-electron chi connectivity index (χ0n) is 12.6. The Morgan fingerprint density at radius 1 is 1.18 bits per heavy atom. The van der Waals surface area contributed by atoms with Gasteiger partial charge in [0.25, 0.3) is 0 Å². The molecular weight excluding hydrogens is 280 g/mol. The maximum absolute atomic E-state index is 11.1. The first-order chi connectivity index (χ1) is 10.6. The molecule has 2 N–H and O–H groups in total. The first kappa shape index (κ1) is 14.3. The van der Waals surface area contributed by atoms with E-state index in [1.807, 2.05) is 18.2 Å². The number of para-hydroxylation sites is 1. The maximum atomic E-state index is 11.1. The molecular formula is C17H18N2O3. The van der Waals surface area contributed by atoms with Crippen LogP contribution in [-0.4, -0.2) is 24.2 Å². The second-order valence-electron chi connectivity index (χ2n) is 5.07. The molecule has 2 aromatic carbocycles. The predicted octanol–water partition coefficient (Wildman–Crippen LogP) is 4.08. The standard InChI is InChI=1S/C17H18N2O3/c1-3-19(4-2)13-6-5-7-15-16(13)18-12-10-11(17(20)21)8-9-14(12)22-15/h5-10,18H,3-4H2,1-2H3,(H,20,21). The van der Waals surface area contributed by atoms with E-state index in [9.17, 15) is 4.79 Å². The summed E-state index contributed by atoms with van der Waals surface area (Å²) in [7, 11) is 0. The summed E-state index contributed by atoms with van der Waals surface area (Å²) < 4.78 is 5.91. The second kappa shape index (κ2) is 5.60. The van der Waals surface area contributed by atoms with Crippen LogP contribution >= 0.6 is 0 Å². The van der Waals surface area contributed by atoms with E-state index in [0.717, 1.165) is 30.2 Å². The molecule has 1 heterocycles. The Balaban J connectivity index is 2.04. The van der Waals surface area contributed by atoms with Crippen LogP contribution < -0.4 is 15.0 Å². The average Bonchev–Trinajstić information content (AvgIpc) is 2.53. The third kappa shape index (κ3) is 2.35. The Bertz CT molecular complexity index is 724. The Kier molecular flexibility index (Phi) is 3.63. The zero-order chi connectivity index (χ0) is 15.7. The molecule has 1 aliphatic heterocycles. The molecule has 22 heavy (non-hydrogen) atoms. The molecule has 5 nitrogen and oxygen atoms in total. The van der Waals surface area contributed by atoms with Crippen molar-refractivity contribution >= 4 is 23.0 Å². The third-order valence-electron chi connectivity index (χ3n) is 3.81. The molecule has 0 spiro atoms. The van der Waals surface area contributed by atoms with E-state index >= 15 is 0 Å². The first-order valence-corrected chi connectivity index (χ1v) is 7.34. The van der Waals surface area contributed by atoms with Gasteiger partial charge in [0.2, 0.25) is 0 Å². The van der Waals surface area contributed by atoms with Crippen molar-refractivity contribution in [2.24, 2.45) is 0 Å². The summed E-state index contributed by atoms with van der Waals surface area (Å²) >= 11 is 0. The van der Waals surface area contributed by atoms with E-state index < -0.39 is 5.97 Å². The highest BCUT2D eigenvalue weighted by Crippen LogP contribution is 2.46. The molecule has 0 amide bonds. The molecule has 0 atom stereocenters. The maximum Gasteiger partial charge on any atom is 0.335 e. The summed E-state index contributed by atoms with van der Waals surface area (Å²) in [5, 5.41) is 12.4. The van der Waals surface area contributed by atoms with Crippen molar-refractivity contribution in [3.8, 4) is 11.5 Å². The van der Waals surface area contributed by atoms with Crippen LogP contribution in [0.2, 0.25) is 0 Å². The van der Waals surface area contributed by atoms with E-state index in [1.54, 1.807) is 18.2 Å². The predicted molar refractivity (Wildman–Crippen MR) is 86.8 cm³/mol. The van der Waals surface area contributed by atoms with Crippen molar-refractivity contribution in [3.63, 3.8) is 0 Å². The quantitative estimate of drug-likeness (QED) is 0.760. The SMILES string of the molecule is CCN(CC)c1cccc2c1Nc1cc(C(=O)O)ccc1O2. The van der Waals surface area contributed by atoms with Gasteiger partial charge in [0.1, 0.15) is 5.69 Å². The summed E-state index contributed by atoms with van der Waals surface area (Å²) in [5.41, 5.74) is 2.83. The minimum absolute atomic E-state index is 0.235. The Hall–Kier alpha value is -2.69. The first-order valence-electron chi connectivity index (χ1n) is 7.34. The highest BCUT2D eigenvalue weighted by atomic mass is 16.5. The van der Waals surface area contributed by atoms with E-state index in [-0.39, 0.29) is 5.56 Å². The number of aromatic carboxylic acids is 1. The highest BCUT2D eigenvalue weighted by molar-refractivity contribution is 5.92. The van der Waals surface area contributed by atoms with Crippen LogP contribution in [0.1, 0.15) is 24.2 Å². The smallest absolute Gasteiger partial charge is 0.335 e. The number of nitrogens with one attached hydrogen (secondary N) is 1. The van der Waals surface area contributed by atoms with Gasteiger partial charge < -0.3 is 20.1 Å². The van der Waals surface area contributed by atoms with Crippen LogP contribution in [0.15, 0.2) is 36.4 Å². The molecule has 1 aliphatic rings. The molecule has 0 unspecified atom stereocenters. The molecule has 5 heteroatoms. The summed E-state index contributed by atoms with van der Waals surface area (Å²) in [6.07, 6.45) is 0. The number of anilines is 3. The number of rotatable bonds is 4. The lowest BCUT2D eigenvalue weighted by atomic mass is 10.1. The lowest BCUT2D eigenvalue weighted by Crippen LogP contribution is -2.23. The highest BCUT2D eigenvalue weighted by Gasteiger charge is 2.22. The zero-order valence-corrected chi connectivity index (χ0v) is 12.6. The van der Waals surface area contributed by atoms with Gasteiger partial charge in [0.15, 0.2) is 11.5 Å². The number of carboxylic acid groups (broad SMARTS) is 1. The summed E-state index contributed by atoms with van der Waals surface area (Å²) in [5.74, 6) is 0.432. The van der Waals surface area contributed by atoms with Crippen LogP contribution in [-0.2, 0) is 0 Å². The fourth-order valence-electron chi connectivity index (χ4n) is 2.66. The molecule has 0 radical (unpaired) electrons. The monoisotopic (exact) mass is 298 g/mol. The van der Waals surface area contributed by atoms with Crippen LogP contribution in [0.5, 0.6) is 11.5 Å². The van der Waals surface area contributed by atoms with Crippen LogP contribution in [0.3, 0.4) is 0 Å². The molecule has 0 aliphatic carbocycles. The summed E-state index contributed by atoms with van der Waals surface area (Å²) in [6, 6.07) is 10.7. The van der Waals surface area contributed by atoms with Gasteiger partial charge in [-0.05, 0) is 44.2 Å². The summed E-state index contributed by atoms with van der Waals surface area (Å²) in [6.45, 7) is 5.97. The van der Waals surface area contributed by atoms with Gasteiger partial charge in [0, 0.05) is 13.1 Å². The fraction of sp³-hybridized carbons (Fsp3) is 0.235. The molecule has 0 saturated carbocycles. The van der Waals surface area contributed by atoms with Crippen molar-refractivity contribution in [2.45, 2.75) is 13.8 Å². The van der Waals surface area contributed by atoms with Gasteiger partial charge in [0.05, 0.1) is 16.9 Å². The van der Waals surface area contributed by atoms with Crippen molar-refractivity contribution in [3.05, 3.63) is 42.0 Å². The van der Waals surface area contributed by atoms with Gasteiger partial charge in [-0.25, -0.2) is 4.79 Å². The minimum Gasteiger partial charge on any atom is -0.478 e. The van der Waals surface area contributed by atoms with Crippen molar-refractivity contribution in [2.75, 3.05) is 23.3 Å². The number of nitrogens with zero attached hydrogens (tertiary/aromatic N) is 1. The number of carboxylic acids is 1. The average molecular weight is 298 g/mol. The molecule has 0 aromatic heterocycles. The normalized spacial score (nSPS) is 11.7. The second-order valence-corrected chi connectivity index (χ2v) is 5.07. The van der Waals surface area contributed by atoms with Crippen LogP contribution in [0, 0.1) is 0 Å².